The van der Waals surface area contributed by atoms with Crippen LogP contribution in [0.4, 0.5) is 5.69 Å². The minimum absolute atomic E-state index is 0.0638. The van der Waals surface area contributed by atoms with E-state index >= 15 is 0 Å². The van der Waals surface area contributed by atoms with Gasteiger partial charge in [0.2, 0.25) is 5.78 Å². The fourth-order valence-corrected chi connectivity index (χ4v) is 5.65. The molecule has 11 heteroatoms. The van der Waals surface area contributed by atoms with Crippen LogP contribution in [0.15, 0.2) is 29.0 Å². The highest BCUT2D eigenvalue weighted by Gasteiger charge is 2.64. The monoisotopic (exact) mass is 489 g/mol. The molecule has 1 fully saturated rings. The molecule has 0 radical (unpaired) electrons. The Kier molecular flexibility index (Phi) is 6.73. The van der Waals surface area contributed by atoms with Gasteiger partial charge >= 0.3 is 0 Å². The van der Waals surface area contributed by atoms with Gasteiger partial charge in [0.25, 0.3) is 5.91 Å². The molecule has 11 nitrogen and oxygen atoms in total. The van der Waals surface area contributed by atoms with Crippen LogP contribution in [-0.2, 0) is 20.8 Å². The molecular weight excluding hydrogens is 458 g/mol. The number of Topliss-reactive ketones (excluding diaryl/α,β-unsaturated/α-hetero) is 2. The Balaban J connectivity index is 0.00000167. The van der Waals surface area contributed by atoms with E-state index in [0.717, 1.165) is 12.8 Å². The first-order chi connectivity index (χ1) is 16.3. The fraction of sp³-hybridized carbons (Fsp3) is 0.458. The summed E-state index contributed by atoms with van der Waals surface area (Å²) in [5.74, 6) is -6.54. The number of aliphatic hydroxyl groups excluding tert-OH is 3. The van der Waals surface area contributed by atoms with Gasteiger partial charge in [0.05, 0.1) is 11.6 Å². The van der Waals surface area contributed by atoms with E-state index in [2.05, 4.69) is 0 Å². The fourth-order valence-electron chi connectivity index (χ4n) is 5.65. The first kappa shape index (κ1) is 26.2. The van der Waals surface area contributed by atoms with Gasteiger partial charge in [-0.05, 0) is 50.6 Å². The van der Waals surface area contributed by atoms with Crippen molar-refractivity contribution in [3.8, 4) is 5.75 Å². The lowest BCUT2D eigenvalue weighted by atomic mass is 9.57. The maximum atomic E-state index is 13.7. The van der Waals surface area contributed by atoms with Gasteiger partial charge in [0.1, 0.15) is 22.8 Å². The molecular formula is C24H31N3O8. The molecule has 1 saturated carbocycles. The second-order valence-corrected chi connectivity index (χ2v) is 9.31. The number of carbonyl (C=O) groups is 3. The van der Waals surface area contributed by atoms with E-state index in [9.17, 15) is 34.8 Å². The number of primary amides is 1. The van der Waals surface area contributed by atoms with E-state index in [0.29, 0.717) is 5.56 Å². The predicted molar refractivity (Wildman–Crippen MR) is 127 cm³/mol. The summed E-state index contributed by atoms with van der Waals surface area (Å²) in [5.41, 5.74) is 3.15. The lowest BCUT2D eigenvalue weighted by Crippen LogP contribution is -2.65. The van der Waals surface area contributed by atoms with Gasteiger partial charge in [-0.3, -0.25) is 19.3 Å². The molecule has 1 aromatic rings. The van der Waals surface area contributed by atoms with Crippen LogP contribution in [0.3, 0.4) is 0 Å². The number of anilines is 1. The van der Waals surface area contributed by atoms with Crippen molar-refractivity contribution in [2.45, 2.75) is 24.5 Å². The number of hydrogen-bond donors (Lipinski definition) is 6. The van der Waals surface area contributed by atoms with E-state index in [4.69, 9.17) is 10.8 Å². The van der Waals surface area contributed by atoms with Gasteiger partial charge in [0, 0.05) is 38.4 Å². The Morgan fingerprint density at radius 3 is 2.20 bits per heavy atom. The Labute approximate surface area is 202 Å². The average molecular weight is 490 g/mol. The number of aromatic hydroxyl groups is 1. The molecule has 3 aliphatic carbocycles. The largest absolute Gasteiger partial charge is 0.508 e. The van der Waals surface area contributed by atoms with Gasteiger partial charge in [-0.15, -0.1) is 0 Å². The van der Waals surface area contributed by atoms with Crippen molar-refractivity contribution in [2.24, 2.45) is 17.6 Å². The Bertz CT molecular complexity index is 1170. The number of carbonyl (C=O) groups excluding carboxylic acids is 3. The zero-order valence-corrected chi connectivity index (χ0v) is 20.2. The molecule has 190 valence electrons. The lowest BCUT2D eigenvalue weighted by Gasteiger charge is -2.50. The third-order valence-corrected chi connectivity index (χ3v) is 7.06. The molecule has 1 amide bonds. The third-order valence-electron chi connectivity index (χ3n) is 7.06. The van der Waals surface area contributed by atoms with Crippen molar-refractivity contribution in [3.63, 3.8) is 0 Å². The summed E-state index contributed by atoms with van der Waals surface area (Å²) >= 11 is 0. The van der Waals surface area contributed by atoms with Gasteiger partial charge < -0.3 is 36.2 Å². The van der Waals surface area contributed by atoms with Gasteiger partial charge in [0.15, 0.2) is 11.4 Å². The molecule has 7 N–H and O–H groups in total. The Morgan fingerprint density at radius 1 is 1.09 bits per heavy atom. The molecule has 0 aromatic heterocycles. The van der Waals surface area contributed by atoms with Crippen LogP contribution in [0.2, 0.25) is 0 Å². The zero-order valence-electron chi connectivity index (χ0n) is 20.2. The van der Waals surface area contributed by atoms with E-state index < -0.39 is 58.0 Å². The molecule has 3 aliphatic rings. The number of hydrogen-bond acceptors (Lipinski definition) is 10. The highest BCUT2D eigenvalue weighted by Crippen LogP contribution is 2.53. The number of likely N-dealkylation sites (N-methyl/N-ethyl adjacent to an activating group) is 1. The number of benzene rings is 1. The van der Waals surface area contributed by atoms with Crippen molar-refractivity contribution >= 4 is 28.9 Å². The molecule has 0 spiro atoms. The molecule has 0 saturated heterocycles. The predicted octanol–water partition coefficient (Wildman–Crippen LogP) is -0.361. The SMILES string of the molecule is CN(C)c1ccc(O)c2c1C[C@H]1C[C@H]3[C@H](N(C)C)C(=O)C(C(N)=O)=C(O)[C@@]3(O)C(=O)C1=C2O.CO. The van der Waals surface area contributed by atoms with Crippen molar-refractivity contribution < 1.29 is 39.9 Å². The van der Waals surface area contributed by atoms with Crippen LogP contribution in [0.25, 0.3) is 5.76 Å². The molecule has 0 unspecified atom stereocenters. The number of phenolic OH excluding ortho intramolecular Hbond substituents is 1. The standard InChI is InChI=1S/C23H27N3O7.CH4O/c1-25(2)12-5-6-13(27)15-10(12)7-9-8-11-17(26(3)4)19(29)16(22(24)32)21(31)23(11,33)20(30)14(9)18(15)28;1-2/h5-6,9,11,17,27-28,31,33H,7-8H2,1-4H3,(H2,24,32);2H,1H3/t9-,11-,17-,23-;/m0./s1. The maximum Gasteiger partial charge on any atom is 0.255 e. The summed E-state index contributed by atoms with van der Waals surface area (Å²) in [6, 6.07) is 2.01. The summed E-state index contributed by atoms with van der Waals surface area (Å²) < 4.78 is 0. The van der Waals surface area contributed by atoms with Crippen molar-refractivity contribution in [1.82, 2.24) is 4.90 Å². The molecule has 35 heavy (non-hydrogen) atoms. The molecule has 0 heterocycles. The highest BCUT2D eigenvalue weighted by molar-refractivity contribution is 6.24. The second-order valence-electron chi connectivity index (χ2n) is 9.31. The van der Waals surface area contributed by atoms with E-state index in [1.54, 1.807) is 20.2 Å². The molecule has 0 bridgehead atoms. The van der Waals surface area contributed by atoms with Crippen molar-refractivity contribution in [1.29, 1.82) is 0 Å². The Hall–Kier alpha value is -3.41. The van der Waals surface area contributed by atoms with E-state index in [1.807, 2.05) is 19.0 Å². The first-order valence-corrected chi connectivity index (χ1v) is 11.0. The van der Waals surface area contributed by atoms with E-state index in [-0.39, 0.29) is 29.7 Å². The van der Waals surface area contributed by atoms with Crippen LogP contribution >= 0.6 is 0 Å². The Morgan fingerprint density at radius 2 is 1.69 bits per heavy atom. The summed E-state index contributed by atoms with van der Waals surface area (Å²) in [6.07, 6.45) is 0.324. The van der Waals surface area contributed by atoms with E-state index in [1.165, 1.54) is 11.0 Å². The maximum absolute atomic E-state index is 13.7. The van der Waals surface area contributed by atoms with Crippen LogP contribution in [0, 0.1) is 11.8 Å². The number of aliphatic hydroxyl groups is 4. The minimum Gasteiger partial charge on any atom is -0.508 e. The summed E-state index contributed by atoms with van der Waals surface area (Å²) in [5, 5.41) is 50.9. The van der Waals surface area contributed by atoms with Crippen LogP contribution < -0.4 is 10.6 Å². The molecule has 1 aromatic carbocycles. The highest BCUT2D eigenvalue weighted by atomic mass is 16.3. The second kappa shape index (κ2) is 8.99. The zero-order chi connectivity index (χ0) is 26.6. The minimum atomic E-state index is -2.63. The quantitative estimate of drug-likeness (QED) is 0.306. The molecule has 0 aliphatic heterocycles. The number of phenols is 1. The van der Waals surface area contributed by atoms with Crippen molar-refractivity contribution in [2.75, 3.05) is 40.2 Å². The molecule has 4 atom stereocenters. The van der Waals surface area contributed by atoms with Crippen LogP contribution in [0.1, 0.15) is 17.5 Å². The lowest BCUT2D eigenvalue weighted by molar-refractivity contribution is -0.153. The number of amides is 1. The summed E-state index contributed by atoms with van der Waals surface area (Å²) in [4.78, 5) is 42.0. The normalized spacial score (nSPS) is 27.6. The number of ketones is 2. The van der Waals surface area contributed by atoms with Crippen LogP contribution in [-0.4, -0.2) is 94.8 Å². The van der Waals surface area contributed by atoms with Crippen molar-refractivity contribution in [3.05, 3.63) is 40.2 Å². The average Bonchev–Trinajstić information content (AvgIpc) is 2.77. The number of nitrogens with two attached hydrogens (primary N) is 1. The third kappa shape index (κ3) is 3.58. The summed E-state index contributed by atoms with van der Waals surface area (Å²) in [7, 11) is 7.75. The molecule has 4 rings (SSSR count). The van der Waals surface area contributed by atoms with Gasteiger partial charge in [-0.25, -0.2) is 0 Å². The number of rotatable bonds is 3. The number of fused-ring (bicyclic) bond motifs is 3. The summed E-state index contributed by atoms with van der Waals surface area (Å²) in [6.45, 7) is 0. The van der Waals surface area contributed by atoms with Gasteiger partial charge in [-0.2, -0.15) is 0 Å². The van der Waals surface area contributed by atoms with Crippen LogP contribution in [0.5, 0.6) is 5.75 Å². The number of nitrogens with zero attached hydrogens (tertiary/aromatic N) is 2. The first-order valence-electron chi connectivity index (χ1n) is 11.0. The smallest absolute Gasteiger partial charge is 0.255 e. The topological polar surface area (TPSA) is 185 Å². The van der Waals surface area contributed by atoms with Gasteiger partial charge in [-0.1, -0.05) is 0 Å².